The number of nitriles is 1. The molecule has 0 aliphatic heterocycles. The van der Waals surface area contributed by atoms with E-state index in [0.717, 1.165) is 0 Å². The van der Waals surface area contributed by atoms with Gasteiger partial charge in [0.1, 0.15) is 6.07 Å². The maximum Gasteiger partial charge on any atom is 0.273 e. The average Bonchev–Trinajstić information content (AvgIpc) is 2.69. The van der Waals surface area contributed by atoms with Crippen LogP contribution in [0.5, 0.6) is 11.5 Å². The molecule has 140 valence electrons. The van der Waals surface area contributed by atoms with E-state index in [2.05, 4.69) is 10.5 Å². The van der Waals surface area contributed by atoms with Crippen LogP contribution in [0.3, 0.4) is 0 Å². The topological polar surface area (TPSA) is 92.9 Å². The van der Waals surface area contributed by atoms with Gasteiger partial charge in [0, 0.05) is 12.1 Å². The number of hydrazone groups is 1. The molecule has 0 bridgehead atoms. The van der Waals surface area contributed by atoms with Gasteiger partial charge in [-0.05, 0) is 35.4 Å². The van der Waals surface area contributed by atoms with Crippen molar-refractivity contribution < 1.29 is 19.0 Å². The summed E-state index contributed by atoms with van der Waals surface area (Å²) in [4.78, 5) is 12.3. The predicted octanol–water partition coefficient (Wildman–Crippen LogP) is 3.07. The molecule has 0 aliphatic carbocycles. The molecule has 8 heteroatoms. The van der Waals surface area contributed by atoms with Gasteiger partial charge < -0.3 is 14.2 Å². The molecule has 1 atom stereocenters. The molecular formula is C19H18ClN3O4. The van der Waals surface area contributed by atoms with Gasteiger partial charge >= 0.3 is 0 Å². The molecule has 7 nitrogen and oxygen atoms in total. The number of nitrogens with zero attached hydrogens (tertiary/aromatic N) is 2. The fourth-order valence-electron chi connectivity index (χ4n) is 2.40. The number of hydrogen-bond donors (Lipinski definition) is 1. The zero-order chi connectivity index (χ0) is 19.8. The zero-order valence-corrected chi connectivity index (χ0v) is 15.8. The van der Waals surface area contributed by atoms with E-state index in [4.69, 9.17) is 25.8 Å². The van der Waals surface area contributed by atoms with Gasteiger partial charge in [0.2, 0.25) is 0 Å². The van der Waals surface area contributed by atoms with Crippen LogP contribution in [0, 0.1) is 11.3 Å². The number of carbonyl (C=O) groups is 1. The molecule has 2 aromatic rings. The van der Waals surface area contributed by atoms with Crippen molar-refractivity contribution in [1.29, 1.82) is 5.26 Å². The van der Waals surface area contributed by atoms with E-state index >= 15 is 0 Å². The fourth-order valence-corrected chi connectivity index (χ4v) is 2.53. The first-order chi connectivity index (χ1) is 13.0. The molecule has 27 heavy (non-hydrogen) atoms. The first-order valence-corrected chi connectivity index (χ1v) is 8.19. The third kappa shape index (κ3) is 4.97. The normalized spacial score (nSPS) is 11.7. The van der Waals surface area contributed by atoms with Crippen LogP contribution in [0.4, 0.5) is 0 Å². The minimum absolute atomic E-state index is 0.292. The number of methoxy groups -OCH3 is 3. The molecule has 2 aromatic carbocycles. The van der Waals surface area contributed by atoms with Crippen LogP contribution in [-0.2, 0) is 9.53 Å². The summed E-state index contributed by atoms with van der Waals surface area (Å²) >= 11 is 5.85. The van der Waals surface area contributed by atoms with E-state index in [-0.39, 0.29) is 0 Å². The largest absolute Gasteiger partial charge is 0.493 e. The molecule has 0 saturated carbocycles. The standard InChI is InChI=1S/C19H18ClN3O4/c1-25-16-9-12(8-14(10-21)17(16)26-2)11-22-23-19(24)18(27-3)13-4-6-15(20)7-5-13/h4-9,11,18H,1-3H3,(H,23,24). The molecular weight excluding hydrogens is 370 g/mol. The van der Waals surface area contributed by atoms with Crippen LogP contribution >= 0.6 is 11.6 Å². The fraction of sp³-hybridized carbons (Fsp3) is 0.211. The predicted molar refractivity (Wildman–Crippen MR) is 101 cm³/mol. The number of nitrogens with one attached hydrogen (secondary N) is 1. The van der Waals surface area contributed by atoms with Crippen molar-refractivity contribution in [3.8, 4) is 17.6 Å². The van der Waals surface area contributed by atoms with E-state index in [1.165, 1.54) is 27.5 Å². The molecule has 0 radical (unpaired) electrons. The van der Waals surface area contributed by atoms with Gasteiger partial charge in [-0.25, -0.2) is 5.43 Å². The highest BCUT2D eigenvalue weighted by molar-refractivity contribution is 6.30. The quantitative estimate of drug-likeness (QED) is 0.582. The molecule has 0 aliphatic rings. The third-order valence-electron chi connectivity index (χ3n) is 3.66. The number of halogens is 1. The number of benzene rings is 2. The molecule has 1 amide bonds. The SMILES string of the molecule is COc1cc(C=NNC(=O)C(OC)c2ccc(Cl)cc2)cc(C#N)c1OC. The summed E-state index contributed by atoms with van der Waals surface area (Å²) in [7, 11) is 4.35. The Bertz CT molecular complexity index is 876. The molecule has 0 heterocycles. The Kier molecular flexibility index (Phi) is 7.17. The van der Waals surface area contributed by atoms with Gasteiger partial charge in [0.25, 0.3) is 5.91 Å². The summed E-state index contributed by atoms with van der Waals surface area (Å²) in [5.41, 5.74) is 3.91. The Morgan fingerprint density at radius 2 is 1.93 bits per heavy atom. The molecule has 1 N–H and O–H groups in total. The summed E-state index contributed by atoms with van der Waals surface area (Å²) < 4.78 is 15.6. The van der Waals surface area contributed by atoms with Crippen LogP contribution in [0.2, 0.25) is 5.02 Å². The Morgan fingerprint density at radius 1 is 1.22 bits per heavy atom. The lowest BCUT2D eigenvalue weighted by atomic mass is 10.1. The number of hydrogen-bond acceptors (Lipinski definition) is 6. The van der Waals surface area contributed by atoms with Gasteiger partial charge in [-0.1, -0.05) is 23.7 Å². The van der Waals surface area contributed by atoms with E-state index in [1.807, 2.05) is 6.07 Å². The van der Waals surface area contributed by atoms with Crippen LogP contribution < -0.4 is 14.9 Å². The Morgan fingerprint density at radius 3 is 2.48 bits per heavy atom. The number of carbonyl (C=O) groups excluding carboxylic acids is 1. The molecule has 2 rings (SSSR count). The molecule has 0 fully saturated rings. The van der Waals surface area contributed by atoms with E-state index in [9.17, 15) is 10.1 Å². The highest BCUT2D eigenvalue weighted by Gasteiger charge is 2.19. The second-order valence-electron chi connectivity index (χ2n) is 5.32. The van der Waals surface area contributed by atoms with Gasteiger partial charge in [0.05, 0.1) is 26.0 Å². The molecule has 1 unspecified atom stereocenters. The third-order valence-corrected chi connectivity index (χ3v) is 3.91. The van der Waals surface area contributed by atoms with Crippen molar-refractivity contribution in [2.45, 2.75) is 6.10 Å². The number of rotatable bonds is 7. The average molecular weight is 388 g/mol. The minimum Gasteiger partial charge on any atom is -0.493 e. The zero-order valence-electron chi connectivity index (χ0n) is 15.0. The van der Waals surface area contributed by atoms with Crippen molar-refractivity contribution in [2.75, 3.05) is 21.3 Å². The maximum atomic E-state index is 12.3. The smallest absolute Gasteiger partial charge is 0.273 e. The van der Waals surface area contributed by atoms with Crippen LogP contribution in [-0.4, -0.2) is 33.5 Å². The Labute approximate surface area is 162 Å². The van der Waals surface area contributed by atoms with Gasteiger partial charge in [-0.2, -0.15) is 10.4 Å². The highest BCUT2D eigenvalue weighted by atomic mass is 35.5. The monoisotopic (exact) mass is 387 g/mol. The number of amides is 1. The summed E-state index contributed by atoms with van der Waals surface area (Å²) in [6.45, 7) is 0. The lowest BCUT2D eigenvalue weighted by molar-refractivity contribution is -0.131. The van der Waals surface area contributed by atoms with Crippen molar-refractivity contribution in [2.24, 2.45) is 5.10 Å². The van der Waals surface area contributed by atoms with E-state index in [1.54, 1.807) is 36.4 Å². The van der Waals surface area contributed by atoms with Crippen molar-refractivity contribution in [1.82, 2.24) is 5.43 Å². The van der Waals surface area contributed by atoms with E-state index in [0.29, 0.717) is 33.2 Å². The Balaban J connectivity index is 2.15. The summed E-state index contributed by atoms with van der Waals surface area (Å²) in [5, 5.41) is 13.7. The maximum absolute atomic E-state index is 12.3. The first-order valence-electron chi connectivity index (χ1n) is 7.81. The molecule has 0 aromatic heterocycles. The van der Waals surface area contributed by atoms with Crippen molar-refractivity contribution in [3.63, 3.8) is 0 Å². The highest BCUT2D eigenvalue weighted by Crippen LogP contribution is 2.31. The van der Waals surface area contributed by atoms with Crippen LogP contribution in [0.1, 0.15) is 22.8 Å². The second-order valence-corrected chi connectivity index (χ2v) is 5.75. The van der Waals surface area contributed by atoms with Crippen molar-refractivity contribution in [3.05, 3.63) is 58.1 Å². The van der Waals surface area contributed by atoms with Gasteiger partial charge in [-0.15, -0.1) is 0 Å². The van der Waals surface area contributed by atoms with Crippen molar-refractivity contribution >= 4 is 23.7 Å². The number of ether oxygens (including phenoxy) is 3. The van der Waals surface area contributed by atoms with Gasteiger partial charge in [0.15, 0.2) is 17.6 Å². The summed E-state index contributed by atoms with van der Waals surface area (Å²) in [6, 6.07) is 12.0. The van der Waals surface area contributed by atoms with Gasteiger partial charge in [-0.3, -0.25) is 4.79 Å². The molecule has 0 saturated heterocycles. The minimum atomic E-state index is -0.834. The first kappa shape index (κ1) is 20.2. The van der Waals surface area contributed by atoms with E-state index < -0.39 is 12.0 Å². The summed E-state index contributed by atoms with van der Waals surface area (Å²) in [6.07, 6.45) is 0.564. The summed E-state index contributed by atoms with van der Waals surface area (Å²) in [5.74, 6) is 0.278. The molecule has 0 spiro atoms. The lowest BCUT2D eigenvalue weighted by Gasteiger charge is -2.13. The second kappa shape index (κ2) is 9.57. The van der Waals surface area contributed by atoms with Crippen LogP contribution in [0.15, 0.2) is 41.5 Å². The lowest BCUT2D eigenvalue weighted by Crippen LogP contribution is -2.26. The Hall–Kier alpha value is -3.08. The van der Waals surface area contributed by atoms with Crippen LogP contribution in [0.25, 0.3) is 0 Å².